The van der Waals surface area contributed by atoms with E-state index < -0.39 is 0 Å². The molecule has 1 spiro atoms. The Bertz CT molecular complexity index is 666. The van der Waals surface area contributed by atoms with Crippen molar-refractivity contribution in [3.63, 3.8) is 0 Å². The lowest BCUT2D eigenvalue weighted by molar-refractivity contribution is -0.123. The molecule has 2 fully saturated rings. The highest BCUT2D eigenvalue weighted by Crippen LogP contribution is 2.65. The molecule has 1 aromatic carbocycles. The lowest BCUT2D eigenvalue weighted by Gasteiger charge is -2.25. The molecule has 5 nitrogen and oxygen atoms in total. The van der Waals surface area contributed by atoms with E-state index in [4.69, 9.17) is 0 Å². The van der Waals surface area contributed by atoms with Crippen LogP contribution in [-0.2, 0) is 4.79 Å². The van der Waals surface area contributed by atoms with Gasteiger partial charge in [-0.05, 0) is 36.8 Å². The van der Waals surface area contributed by atoms with Crippen molar-refractivity contribution in [3.05, 3.63) is 30.1 Å². The van der Waals surface area contributed by atoms with Gasteiger partial charge in [0.1, 0.15) is 0 Å². The number of amides is 1. The number of hydrogen-bond acceptors (Lipinski definition) is 3. The molecule has 2 saturated carbocycles. The topological polar surface area (TPSA) is 70.1 Å². The maximum absolute atomic E-state index is 11.9. The monoisotopic (exact) mass is 268 g/mol. The van der Waals surface area contributed by atoms with Crippen LogP contribution in [0.15, 0.2) is 29.4 Å². The molecule has 20 heavy (non-hydrogen) atoms. The molecule has 2 aromatic rings. The molecule has 5 heteroatoms. The number of H-pyrrole nitrogens is 1. The van der Waals surface area contributed by atoms with Gasteiger partial charge in [-0.3, -0.25) is 4.79 Å². The summed E-state index contributed by atoms with van der Waals surface area (Å²) >= 11 is 0. The summed E-state index contributed by atoms with van der Waals surface area (Å²) in [6.45, 7) is 0. The standard InChI is InChI=1S/C15H16N4O/c20-14(10-8-15(10)6-3-7-15)19-16-9-13-17-11-4-1-2-5-12(11)18-13/h1-2,4-5,9-10H,3,6-8H2,(H,17,18)(H,19,20). The van der Waals surface area contributed by atoms with Crippen molar-refractivity contribution < 1.29 is 4.79 Å². The Kier molecular flexibility index (Phi) is 2.42. The van der Waals surface area contributed by atoms with E-state index in [2.05, 4.69) is 20.5 Å². The lowest BCUT2D eigenvalue weighted by atomic mass is 9.80. The van der Waals surface area contributed by atoms with E-state index in [0.717, 1.165) is 17.5 Å². The second-order valence-electron chi connectivity index (χ2n) is 5.85. The fourth-order valence-electron chi connectivity index (χ4n) is 3.17. The van der Waals surface area contributed by atoms with Gasteiger partial charge in [-0.2, -0.15) is 5.10 Å². The molecule has 0 aliphatic heterocycles. The Morgan fingerprint density at radius 1 is 1.45 bits per heavy atom. The zero-order chi connectivity index (χ0) is 13.6. The molecule has 1 atom stereocenters. The molecule has 4 rings (SSSR count). The van der Waals surface area contributed by atoms with Gasteiger partial charge in [0.2, 0.25) is 5.91 Å². The summed E-state index contributed by atoms with van der Waals surface area (Å²) in [6, 6.07) is 7.79. The molecule has 2 aliphatic carbocycles. The number of nitrogens with one attached hydrogen (secondary N) is 2. The van der Waals surface area contributed by atoms with Crippen molar-refractivity contribution in [2.24, 2.45) is 16.4 Å². The highest BCUT2D eigenvalue weighted by atomic mass is 16.2. The minimum atomic E-state index is 0.0528. The smallest absolute Gasteiger partial charge is 0.243 e. The van der Waals surface area contributed by atoms with Gasteiger partial charge in [0, 0.05) is 5.92 Å². The third-order valence-electron chi connectivity index (χ3n) is 4.62. The molecule has 1 heterocycles. The SMILES string of the molecule is O=C(NN=Cc1nc2ccccc2[nH]1)C1CC12CCC2. The minimum Gasteiger partial charge on any atom is -0.337 e. The number of benzene rings is 1. The summed E-state index contributed by atoms with van der Waals surface area (Å²) < 4.78 is 0. The summed E-state index contributed by atoms with van der Waals surface area (Å²) in [5.74, 6) is 0.891. The number of carbonyl (C=O) groups excluding carboxylic acids is 1. The van der Waals surface area contributed by atoms with Gasteiger partial charge in [0.15, 0.2) is 5.82 Å². The van der Waals surface area contributed by atoms with Gasteiger partial charge < -0.3 is 4.98 Å². The largest absolute Gasteiger partial charge is 0.337 e. The van der Waals surface area contributed by atoms with Crippen molar-refractivity contribution in [1.82, 2.24) is 15.4 Å². The number of rotatable bonds is 3. The Balaban J connectivity index is 1.40. The predicted octanol–water partition coefficient (Wildman–Crippen LogP) is 2.20. The number of aromatic amines is 1. The number of carbonyl (C=O) groups is 1. The third-order valence-corrected chi connectivity index (χ3v) is 4.62. The third kappa shape index (κ3) is 1.81. The number of hydrogen-bond donors (Lipinski definition) is 2. The fourth-order valence-corrected chi connectivity index (χ4v) is 3.17. The van der Waals surface area contributed by atoms with E-state index in [1.54, 1.807) is 6.21 Å². The number of aromatic nitrogens is 2. The van der Waals surface area contributed by atoms with Crippen LogP contribution in [-0.4, -0.2) is 22.1 Å². The molecule has 0 radical (unpaired) electrons. The quantitative estimate of drug-likeness (QED) is 0.662. The van der Waals surface area contributed by atoms with Crippen molar-refractivity contribution in [2.75, 3.05) is 0 Å². The van der Waals surface area contributed by atoms with Gasteiger partial charge >= 0.3 is 0 Å². The van der Waals surface area contributed by atoms with Gasteiger partial charge in [-0.25, -0.2) is 10.4 Å². The molecular formula is C15H16N4O. The van der Waals surface area contributed by atoms with Crippen LogP contribution in [0.2, 0.25) is 0 Å². The van der Waals surface area contributed by atoms with Crippen molar-refractivity contribution in [1.29, 1.82) is 0 Å². The predicted molar refractivity (Wildman–Crippen MR) is 76.2 cm³/mol. The Morgan fingerprint density at radius 2 is 2.30 bits per heavy atom. The van der Waals surface area contributed by atoms with Crippen molar-refractivity contribution >= 4 is 23.2 Å². The normalized spacial score (nSPS) is 23.1. The van der Waals surface area contributed by atoms with E-state index in [9.17, 15) is 4.79 Å². The van der Waals surface area contributed by atoms with Gasteiger partial charge in [-0.1, -0.05) is 18.6 Å². The van der Waals surface area contributed by atoms with Crippen LogP contribution in [0, 0.1) is 11.3 Å². The molecule has 1 aromatic heterocycles. The van der Waals surface area contributed by atoms with Crippen LogP contribution in [0.5, 0.6) is 0 Å². The fraction of sp³-hybridized carbons (Fsp3) is 0.400. The van der Waals surface area contributed by atoms with Crippen LogP contribution in [0.4, 0.5) is 0 Å². The summed E-state index contributed by atoms with van der Waals surface area (Å²) in [5, 5.41) is 4.00. The van der Waals surface area contributed by atoms with E-state index >= 15 is 0 Å². The summed E-state index contributed by atoms with van der Waals surface area (Å²) in [6.07, 6.45) is 6.29. The van der Waals surface area contributed by atoms with Crippen LogP contribution < -0.4 is 5.43 Å². The van der Waals surface area contributed by atoms with E-state index in [1.165, 1.54) is 19.3 Å². The number of para-hydroxylation sites is 2. The molecule has 2 N–H and O–H groups in total. The first-order valence-corrected chi connectivity index (χ1v) is 7.05. The van der Waals surface area contributed by atoms with Gasteiger partial charge in [-0.15, -0.1) is 0 Å². The van der Waals surface area contributed by atoms with E-state index in [-0.39, 0.29) is 11.8 Å². The lowest BCUT2D eigenvalue weighted by Crippen LogP contribution is -2.26. The van der Waals surface area contributed by atoms with Crippen LogP contribution in [0.1, 0.15) is 31.5 Å². The second kappa shape index (κ2) is 4.16. The summed E-state index contributed by atoms with van der Waals surface area (Å²) in [5.41, 5.74) is 4.84. The molecule has 1 amide bonds. The maximum atomic E-state index is 11.9. The first-order chi connectivity index (χ1) is 9.77. The number of fused-ring (bicyclic) bond motifs is 1. The average Bonchev–Trinajstić information content (AvgIpc) is 3.06. The Morgan fingerprint density at radius 3 is 3.00 bits per heavy atom. The zero-order valence-electron chi connectivity index (χ0n) is 11.1. The van der Waals surface area contributed by atoms with Gasteiger partial charge in [0.25, 0.3) is 0 Å². The molecule has 0 saturated heterocycles. The zero-order valence-corrected chi connectivity index (χ0v) is 11.1. The number of imidazole rings is 1. The minimum absolute atomic E-state index is 0.0528. The molecule has 1 unspecified atom stereocenters. The summed E-state index contributed by atoms with van der Waals surface area (Å²) in [4.78, 5) is 19.4. The molecule has 0 bridgehead atoms. The first-order valence-electron chi connectivity index (χ1n) is 7.05. The molecule has 2 aliphatic rings. The van der Waals surface area contributed by atoms with E-state index in [0.29, 0.717) is 11.2 Å². The van der Waals surface area contributed by atoms with Crippen molar-refractivity contribution in [3.8, 4) is 0 Å². The highest BCUT2D eigenvalue weighted by Gasteiger charge is 2.60. The average molecular weight is 268 g/mol. The molecule has 102 valence electrons. The van der Waals surface area contributed by atoms with E-state index in [1.807, 2.05) is 24.3 Å². The highest BCUT2D eigenvalue weighted by molar-refractivity contribution is 5.86. The van der Waals surface area contributed by atoms with Crippen molar-refractivity contribution in [2.45, 2.75) is 25.7 Å². The maximum Gasteiger partial charge on any atom is 0.243 e. The summed E-state index contributed by atoms with van der Waals surface area (Å²) in [7, 11) is 0. The van der Waals surface area contributed by atoms with Gasteiger partial charge in [0.05, 0.1) is 17.2 Å². The first kappa shape index (κ1) is 11.6. The number of nitrogens with zero attached hydrogens (tertiary/aromatic N) is 2. The second-order valence-corrected chi connectivity index (χ2v) is 5.85. The Hall–Kier alpha value is -2.17. The van der Waals surface area contributed by atoms with Crippen LogP contribution in [0.25, 0.3) is 11.0 Å². The van der Waals surface area contributed by atoms with Crippen LogP contribution in [0.3, 0.4) is 0 Å². The molecular weight excluding hydrogens is 252 g/mol. The Labute approximate surface area is 116 Å². The van der Waals surface area contributed by atoms with Crippen LogP contribution >= 0.6 is 0 Å². The number of hydrazone groups is 1.